The van der Waals surface area contributed by atoms with Crippen LogP contribution in [0.1, 0.15) is 22.3 Å². The van der Waals surface area contributed by atoms with Crippen molar-refractivity contribution in [2.45, 2.75) is 13.1 Å². The lowest BCUT2D eigenvalue weighted by molar-refractivity contribution is 1.28. The van der Waals surface area contributed by atoms with Crippen LogP contribution in [0.15, 0.2) is 218 Å². The molecule has 0 heterocycles. The first-order valence-electron chi connectivity index (χ1n) is 20.4. The molecule has 0 unspecified atom stereocenters. The SMILES string of the molecule is C[Si](C)(c1ccc(C=C(C#N)c2ccc(N(c3ccccc3)c3ccccc3)cc2)cc1)c1ccc(C=C(C#N)c2ccc(N(c3ccccc3)c3ccccc3)cc2)cc1. The Hall–Kier alpha value is -7.96. The van der Waals surface area contributed by atoms with E-state index in [0.717, 1.165) is 56.4 Å². The molecule has 0 amide bonds. The Balaban J connectivity index is 0.969. The highest BCUT2D eigenvalue weighted by Crippen LogP contribution is 2.36. The molecule has 0 bridgehead atoms. The zero-order valence-corrected chi connectivity index (χ0v) is 35.2. The van der Waals surface area contributed by atoms with Crippen molar-refractivity contribution in [1.82, 2.24) is 0 Å². The molecule has 8 aromatic carbocycles. The molecule has 61 heavy (non-hydrogen) atoms. The summed E-state index contributed by atoms with van der Waals surface area (Å²) in [6, 6.07) is 79.7. The lowest BCUT2D eigenvalue weighted by Crippen LogP contribution is -2.52. The average molecular weight is 801 g/mol. The normalized spacial score (nSPS) is 11.6. The smallest absolute Gasteiger partial charge is 0.112 e. The molecule has 0 aliphatic rings. The fourth-order valence-electron chi connectivity index (χ4n) is 7.64. The third-order valence-corrected chi connectivity index (χ3v) is 14.6. The first-order chi connectivity index (χ1) is 29.9. The maximum absolute atomic E-state index is 10.2. The molecule has 0 spiro atoms. The van der Waals surface area contributed by atoms with Crippen LogP contribution in [0.4, 0.5) is 34.1 Å². The quantitative estimate of drug-likeness (QED) is 0.0701. The number of hydrogen-bond donors (Lipinski definition) is 0. The summed E-state index contributed by atoms with van der Waals surface area (Å²) in [5.74, 6) is 0. The van der Waals surface area contributed by atoms with E-state index in [1.54, 1.807) is 0 Å². The van der Waals surface area contributed by atoms with E-state index in [2.05, 4.69) is 156 Å². The second-order valence-electron chi connectivity index (χ2n) is 15.3. The highest BCUT2D eigenvalue weighted by molar-refractivity contribution is 7.00. The Bertz CT molecular complexity index is 2560. The van der Waals surface area contributed by atoms with Gasteiger partial charge < -0.3 is 9.80 Å². The van der Waals surface area contributed by atoms with E-state index in [1.807, 2.05) is 109 Å². The minimum atomic E-state index is -2.05. The third kappa shape index (κ3) is 9.04. The maximum Gasteiger partial charge on any atom is 0.112 e. The van der Waals surface area contributed by atoms with Crippen LogP contribution in [0.2, 0.25) is 13.1 Å². The summed E-state index contributed by atoms with van der Waals surface area (Å²) in [6.07, 6.45) is 3.92. The van der Waals surface area contributed by atoms with Gasteiger partial charge in [0.2, 0.25) is 0 Å². The predicted octanol–water partition coefficient (Wildman–Crippen LogP) is 13.6. The second kappa shape index (κ2) is 18.3. The molecule has 0 saturated heterocycles. The fraction of sp³-hybridized carbons (Fsp3) is 0.0357. The van der Waals surface area contributed by atoms with Crippen LogP contribution in [-0.2, 0) is 0 Å². The van der Waals surface area contributed by atoms with Gasteiger partial charge in [-0.05, 0) is 107 Å². The fourth-order valence-corrected chi connectivity index (χ4v) is 9.97. The van der Waals surface area contributed by atoms with Crippen LogP contribution >= 0.6 is 0 Å². The van der Waals surface area contributed by atoms with Crippen molar-refractivity contribution in [2.24, 2.45) is 0 Å². The molecular weight excluding hydrogens is 757 g/mol. The van der Waals surface area contributed by atoms with Gasteiger partial charge in [-0.2, -0.15) is 10.5 Å². The van der Waals surface area contributed by atoms with E-state index in [1.165, 1.54) is 10.4 Å². The second-order valence-corrected chi connectivity index (χ2v) is 19.7. The minimum absolute atomic E-state index is 0.611. The Morgan fingerprint density at radius 3 is 0.885 bits per heavy atom. The molecule has 0 aliphatic carbocycles. The summed E-state index contributed by atoms with van der Waals surface area (Å²) in [6.45, 7) is 4.71. The number of benzene rings is 8. The molecule has 4 nitrogen and oxygen atoms in total. The van der Waals surface area contributed by atoms with Gasteiger partial charge in [0.25, 0.3) is 0 Å². The van der Waals surface area contributed by atoms with E-state index in [9.17, 15) is 10.5 Å². The highest BCUT2D eigenvalue weighted by Gasteiger charge is 2.26. The van der Waals surface area contributed by atoms with Gasteiger partial charge in [-0.1, -0.05) is 169 Å². The van der Waals surface area contributed by atoms with E-state index >= 15 is 0 Å². The minimum Gasteiger partial charge on any atom is -0.311 e. The Morgan fingerprint density at radius 1 is 0.361 bits per heavy atom. The lowest BCUT2D eigenvalue weighted by atomic mass is 10.0. The molecule has 292 valence electrons. The van der Waals surface area contributed by atoms with E-state index in [-0.39, 0.29) is 0 Å². The average Bonchev–Trinajstić information content (AvgIpc) is 3.32. The first kappa shape index (κ1) is 39.8. The third-order valence-electron chi connectivity index (χ3n) is 11.1. The van der Waals surface area contributed by atoms with Gasteiger partial charge in [0, 0.05) is 34.1 Å². The summed E-state index contributed by atoms with van der Waals surface area (Å²) in [7, 11) is -2.05. The zero-order chi connectivity index (χ0) is 42.0. The van der Waals surface area contributed by atoms with Gasteiger partial charge in [-0.15, -0.1) is 0 Å². The summed E-state index contributed by atoms with van der Waals surface area (Å²) >= 11 is 0. The molecule has 0 atom stereocenters. The molecule has 0 aliphatic heterocycles. The van der Waals surface area contributed by atoms with Crippen molar-refractivity contribution in [3.05, 3.63) is 241 Å². The number of anilines is 6. The van der Waals surface area contributed by atoms with Crippen LogP contribution in [0.3, 0.4) is 0 Å². The number of para-hydroxylation sites is 4. The van der Waals surface area contributed by atoms with Crippen LogP contribution < -0.4 is 20.2 Å². The molecule has 0 saturated carbocycles. The topological polar surface area (TPSA) is 54.1 Å². The molecule has 8 aromatic rings. The summed E-state index contributed by atoms with van der Waals surface area (Å²) < 4.78 is 0. The van der Waals surface area contributed by atoms with Crippen molar-refractivity contribution >= 4 is 75.9 Å². The van der Waals surface area contributed by atoms with Crippen molar-refractivity contribution in [1.29, 1.82) is 10.5 Å². The number of rotatable bonds is 12. The highest BCUT2D eigenvalue weighted by atomic mass is 28.3. The van der Waals surface area contributed by atoms with Gasteiger partial charge in [-0.25, -0.2) is 0 Å². The van der Waals surface area contributed by atoms with Gasteiger partial charge >= 0.3 is 0 Å². The summed E-state index contributed by atoms with van der Waals surface area (Å²) in [5, 5.41) is 23.1. The van der Waals surface area contributed by atoms with Gasteiger partial charge in [0.1, 0.15) is 8.07 Å². The summed E-state index contributed by atoms with van der Waals surface area (Å²) in [5.41, 5.74) is 11.2. The van der Waals surface area contributed by atoms with E-state index < -0.39 is 8.07 Å². The van der Waals surface area contributed by atoms with Crippen LogP contribution in [0, 0.1) is 22.7 Å². The Kier molecular flexibility index (Phi) is 12.0. The standard InChI is InChI=1S/C56H44N4Si/c1-61(2,55-35-23-43(24-36-55)39-47(41-57)45-27-31-53(32-28-45)59(49-15-7-3-8-16-49)50-17-9-4-10-18-50)56-37-25-44(26-38-56)40-48(42-58)46-29-33-54(34-30-46)60(51-19-11-5-12-20-51)52-21-13-6-14-22-52/h3-40H,1-2H3. The molecular formula is C56H44N4Si. The molecule has 0 N–H and O–H groups in total. The molecule has 0 fully saturated rings. The van der Waals surface area contributed by atoms with Crippen molar-refractivity contribution < 1.29 is 0 Å². The lowest BCUT2D eigenvalue weighted by Gasteiger charge is -2.25. The van der Waals surface area contributed by atoms with Crippen LogP contribution in [-0.4, -0.2) is 8.07 Å². The monoisotopic (exact) mass is 800 g/mol. The number of allylic oxidation sites excluding steroid dienone is 2. The molecule has 5 heteroatoms. The Morgan fingerprint density at radius 2 is 0.623 bits per heavy atom. The maximum atomic E-state index is 10.2. The van der Waals surface area contributed by atoms with Crippen molar-refractivity contribution in [2.75, 3.05) is 9.80 Å². The number of hydrogen-bond acceptors (Lipinski definition) is 4. The molecule has 0 radical (unpaired) electrons. The number of nitriles is 2. The van der Waals surface area contributed by atoms with Crippen molar-refractivity contribution in [3.8, 4) is 12.1 Å². The van der Waals surface area contributed by atoms with E-state index in [0.29, 0.717) is 11.1 Å². The van der Waals surface area contributed by atoms with Crippen molar-refractivity contribution in [3.63, 3.8) is 0 Å². The van der Waals surface area contributed by atoms with Gasteiger partial charge in [0.05, 0.1) is 23.3 Å². The van der Waals surface area contributed by atoms with Crippen LogP contribution in [0.5, 0.6) is 0 Å². The number of nitrogens with zero attached hydrogens (tertiary/aromatic N) is 4. The largest absolute Gasteiger partial charge is 0.311 e. The summed E-state index contributed by atoms with van der Waals surface area (Å²) in [4.78, 5) is 4.43. The first-order valence-corrected chi connectivity index (χ1v) is 23.4. The zero-order valence-electron chi connectivity index (χ0n) is 34.2. The predicted molar refractivity (Wildman–Crippen MR) is 259 cm³/mol. The van der Waals surface area contributed by atoms with Crippen LogP contribution in [0.25, 0.3) is 23.3 Å². The van der Waals surface area contributed by atoms with E-state index in [4.69, 9.17) is 0 Å². The van der Waals surface area contributed by atoms with Gasteiger partial charge in [-0.3, -0.25) is 0 Å². The molecule has 0 aromatic heterocycles. The molecule has 8 rings (SSSR count). The van der Waals surface area contributed by atoms with Gasteiger partial charge in [0.15, 0.2) is 0 Å². The Labute approximate surface area is 360 Å².